The van der Waals surface area contributed by atoms with E-state index in [1.54, 1.807) is 18.4 Å². The third-order valence-corrected chi connectivity index (χ3v) is 5.55. The molecule has 2 rings (SSSR count). The molecule has 2 amide bonds. The number of rotatable bonds is 9. The second-order valence-electron chi connectivity index (χ2n) is 6.36. The number of amides is 2. The first kappa shape index (κ1) is 20.1. The molecular weight excluding hydrogens is 346 g/mol. The average Bonchev–Trinajstić information content (AvgIpc) is 3.20. The van der Waals surface area contributed by atoms with Crippen molar-refractivity contribution < 1.29 is 14.9 Å². The van der Waals surface area contributed by atoms with E-state index in [-0.39, 0.29) is 30.9 Å². The van der Waals surface area contributed by atoms with Crippen LogP contribution < -0.4 is 16.0 Å². The van der Waals surface area contributed by atoms with E-state index in [2.05, 4.69) is 60.2 Å². The molecule has 0 aliphatic rings. The van der Waals surface area contributed by atoms with Crippen LogP contribution >= 0.6 is 11.3 Å². The number of quaternary nitrogens is 1. The highest BCUT2D eigenvalue weighted by Crippen LogP contribution is 2.25. The quantitative estimate of drug-likeness (QED) is 0.626. The molecule has 1 aromatic heterocycles. The lowest BCUT2D eigenvalue weighted by Crippen LogP contribution is -2.87. The molecule has 140 valence electrons. The van der Waals surface area contributed by atoms with Crippen LogP contribution in [0.4, 0.5) is 0 Å². The molecule has 6 heteroatoms. The van der Waals surface area contributed by atoms with E-state index in [1.807, 2.05) is 11.4 Å². The molecule has 0 bridgehead atoms. The van der Waals surface area contributed by atoms with E-state index in [9.17, 15) is 9.59 Å². The number of nitrogens with two attached hydrogens (primary N) is 1. The maximum Gasteiger partial charge on any atom is 0.275 e. The minimum atomic E-state index is -0.200. The highest BCUT2D eigenvalue weighted by molar-refractivity contribution is 7.10. The SMILES string of the molecule is CC[C@@H](C)c1ccc([C@@H]([NH2+]CC(=O)NCC(=O)NC)c2cccs2)cc1. The van der Waals surface area contributed by atoms with Gasteiger partial charge in [0.1, 0.15) is 6.04 Å². The fourth-order valence-electron chi connectivity index (χ4n) is 2.72. The summed E-state index contributed by atoms with van der Waals surface area (Å²) in [7, 11) is 1.55. The molecule has 0 saturated carbocycles. The molecule has 0 radical (unpaired) electrons. The van der Waals surface area contributed by atoms with Crippen LogP contribution in [-0.2, 0) is 9.59 Å². The molecule has 2 atom stereocenters. The molecule has 5 nitrogen and oxygen atoms in total. The third kappa shape index (κ3) is 5.68. The number of hydrogen-bond acceptors (Lipinski definition) is 3. The van der Waals surface area contributed by atoms with Crippen LogP contribution in [-0.4, -0.2) is 32.0 Å². The van der Waals surface area contributed by atoms with E-state index in [0.29, 0.717) is 5.92 Å². The zero-order valence-corrected chi connectivity index (χ0v) is 16.4. The first-order chi connectivity index (χ1) is 12.5. The highest BCUT2D eigenvalue weighted by Gasteiger charge is 2.20. The van der Waals surface area contributed by atoms with Crippen LogP contribution in [0.1, 0.15) is 48.2 Å². The van der Waals surface area contributed by atoms with Gasteiger partial charge in [-0.2, -0.15) is 0 Å². The van der Waals surface area contributed by atoms with Crippen molar-refractivity contribution in [2.24, 2.45) is 0 Å². The maximum atomic E-state index is 12.0. The van der Waals surface area contributed by atoms with E-state index >= 15 is 0 Å². The van der Waals surface area contributed by atoms with Gasteiger partial charge in [0.15, 0.2) is 6.54 Å². The summed E-state index contributed by atoms with van der Waals surface area (Å²) < 4.78 is 0. The summed E-state index contributed by atoms with van der Waals surface area (Å²) in [6.07, 6.45) is 1.12. The predicted molar refractivity (Wildman–Crippen MR) is 105 cm³/mol. The molecule has 1 aromatic carbocycles. The molecule has 4 N–H and O–H groups in total. The first-order valence-electron chi connectivity index (χ1n) is 8.99. The molecule has 0 aliphatic heterocycles. The number of carbonyl (C=O) groups excluding carboxylic acids is 2. The Bertz CT molecular complexity index is 698. The number of carbonyl (C=O) groups is 2. The lowest BCUT2D eigenvalue weighted by atomic mass is 9.95. The topological polar surface area (TPSA) is 74.8 Å². The van der Waals surface area contributed by atoms with Gasteiger partial charge in [0.05, 0.1) is 11.4 Å². The Labute approximate surface area is 159 Å². The monoisotopic (exact) mass is 374 g/mol. The summed E-state index contributed by atoms with van der Waals surface area (Å²) in [4.78, 5) is 24.5. The first-order valence-corrected chi connectivity index (χ1v) is 9.87. The summed E-state index contributed by atoms with van der Waals surface area (Å²) >= 11 is 1.69. The van der Waals surface area contributed by atoms with Gasteiger partial charge in [-0.3, -0.25) is 9.59 Å². The molecule has 0 saturated heterocycles. The third-order valence-electron chi connectivity index (χ3n) is 4.59. The van der Waals surface area contributed by atoms with Crippen molar-refractivity contribution in [2.75, 3.05) is 20.1 Å². The van der Waals surface area contributed by atoms with Crippen molar-refractivity contribution in [3.63, 3.8) is 0 Å². The molecule has 0 spiro atoms. The van der Waals surface area contributed by atoms with E-state index < -0.39 is 0 Å². The van der Waals surface area contributed by atoms with Gasteiger partial charge in [-0.15, -0.1) is 11.3 Å². The summed E-state index contributed by atoms with van der Waals surface area (Å²) in [6, 6.07) is 12.9. The zero-order chi connectivity index (χ0) is 18.9. The second kappa shape index (κ2) is 10.1. The molecular formula is C20H28N3O2S+. The summed E-state index contributed by atoms with van der Waals surface area (Å²) in [6.45, 7) is 4.70. The van der Waals surface area contributed by atoms with Gasteiger partial charge in [-0.25, -0.2) is 0 Å². The van der Waals surface area contributed by atoms with Crippen molar-refractivity contribution in [1.82, 2.24) is 10.6 Å². The number of nitrogens with one attached hydrogen (secondary N) is 2. The Hall–Kier alpha value is -2.18. The minimum Gasteiger partial charge on any atom is -0.358 e. The molecule has 2 aromatic rings. The Morgan fingerprint density at radius 3 is 2.38 bits per heavy atom. The lowest BCUT2D eigenvalue weighted by molar-refractivity contribution is -0.676. The summed E-state index contributed by atoms with van der Waals surface area (Å²) in [5.74, 6) is 0.198. The number of hydrogen-bond donors (Lipinski definition) is 3. The van der Waals surface area contributed by atoms with Gasteiger partial charge in [-0.1, -0.05) is 44.2 Å². The smallest absolute Gasteiger partial charge is 0.275 e. The van der Waals surface area contributed by atoms with Gasteiger partial charge >= 0.3 is 0 Å². The Morgan fingerprint density at radius 1 is 1.12 bits per heavy atom. The van der Waals surface area contributed by atoms with Gasteiger partial charge < -0.3 is 16.0 Å². The van der Waals surface area contributed by atoms with Crippen LogP contribution in [0.2, 0.25) is 0 Å². The van der Waals surface area contributed by atoms with Crippen molar-refractivity contribution in [1.29, 1.82) is 0 Å². The standard InChI is InChI=1S/C20H27N3O2S/c1-4-14(2)15-7-9-16(10-8-15)20(17-6-5-11-26-17)23-13-19(25)22-12-18(24)21-3/h5-11,14,20,23H,4,12-13H2,1-3H3,(H,21,24)(H,22,25)/p+1/t14-,20-/m1/s1. The Balaban J connectivity index is 2.05. The molecule has 0 unspecified atom stereocenters. The van der Waals surface area contributed by atoms with Crippen molar-refractivity contribution >= 4 is 23.2 Å². The van der Waals surface area contributed by atoms with Crippen molar-refractivity contribution in [2.45, 2.75) is 32.2 Å². The van der Waals surface area contributed by atoms with Crippen LogP contribution in [0, 0.1) is 0 Å². The fourth-order valence-corrected chi connectivity index (χ4v) is 3.57. The molecule has 26 heavy (non-hydrogen) atoms. The summed E-state index contributed by atoms with van der Waals surface area (Å²) in [5, 5.41) is 9.20. The van der Waals surface area contributed by atoms with Gasteiger partial charge in [0.25, 0.3) is 5.91 Å². The van der Waals surface area contributed by atoms with E-state index in [4.69, 9.17) is 0 Å². The number of benzene rings is 1. The lowest BCUT2D eigenvalue weighted by Gasteiger charge is -2.16. The maximum absolute atomic E-state index is 12.0. The zero-order valence-electron chi connectivity index (χ0n) is 15.6. The number of thiophene rings is 1. The van der Waals surface area contributed by atoms with Crippen LogP contribution in [0.15, 0.2) is 41.8 Å². The van der Waals surface area contributed by atoms with Gasteiger partial charge in [0, 0.05) is 12.6 Å². The average molecular weight is 375 g/mol. The molecule has 0 aliphatic carbocycles. The van der Waals surface area contributed by atoms with Crippen LogP contribution in [0.3, 0.4) is 0 Å². The van der Waals surface area contributed by atoms with Gasteiger partial charge in [0.2, 0.25) is 5.91 Å². The largest absolute Gasteiger partial charge is 0.358 e. The number of likely N-dealkylation sites (N-methyl/N-ethyl adjacent to an activating group) is 1. The predicted octanol–water partition coefficient (Wildman–Crippen LogP) is 1.78. The highest BCUT2D eigenvalue weighted by atomic mass is 32.1. The van der Waals surface area contributed by atoms with E-state index in [0.717, 1.165) is 6.42 Å². The van der Waals surface area contributed by atoms with Crippen LogP contribution in [0.25, 0.3) is 0 Å². The second-order valence-corrected chi connectivity index (χ2v) is 7.34. The normalized spacial score (nSPS) is 13.0. The van der Waals surface area contributed by atoms with Crippen molar-refractivity contribution in [3.8, 4) is 0 Å². The fraction of sp³-hybridized carbons (Fsp3) is 0.400. The van der Waals surface area contributed by atoms with Crippen LogP contribution in [0.5, 0.6) is 0 Å². The van der Waals surface area contributed by atoms with E-state index in [1.165, 1.54) is 16.0 Å². The van der Waals surface area contributed by atoms with Gasteiger partial charge in [-0.05, 0) is 29.3 Å². The minimum absolute atomic E-state index is 0.0104. The Kier molecular flexibility index (Phi) is 7.81. The molecule has 1 heterocycles. The van der Waals surface area contributed by atoms with Crippen molar-refractivity contribution in [3.05, 3.63) is 57.8 Å². The Morgan fingerprint density at radius 2 is 1.81 bits per heavy atom. The molecule has 0 fully saturated rings. The summed E-state index contributed by atoms with van der Waals surface area (Å²) in [5.41, 5.74) is 2.52.